The zero-order valence-electron chi connectivity index (χ0n) is 11.0. The first-order chi connectivity index (χ1) is 8.30. The van der Waals surface area contributed by atoms with Crippen LogP contribution in [0.5, 0.6) is 17.2 Å². The molecule has 0 radical (unpaired) electrons. The average molecular weight is 274 g/mol. The largest absolute Gasteiger partial charge is 0.496 e. The summed E-state index contributed by atoms with van der Waals surface area (Å²) in [5, 5.41) is 3.46. The Kier molecular flexibility index (Phi) is 5.56. The highest BCUT2D eigenvalue weighted by molar-refractivity contribution is 5.85. The summed E-state index contributed by atoms with van der Waals surface area (Å²) in [6.45, 7) is 1.06. The predicted molar refractivity (Wildman–Crippen MR) is 73.3 cm³/mol. The summed E-state index contributed by atoms with van der Waals surface area (Å²) < 4.78 is 16.0. The van der Waals surface area contributed by atoms with Crippen LogP contribution in [0.2, 0.25) is 0 Å². The molecular weight excluding hydrogens is 254 g/mol. The topological polar surface area (TPSA) is 39.7 Å². The van der Waals surface area contributed by atoms with Crippen LogP contribution < -0.4 is 19.5 Å². The van der Waals surface area contributed by atoms with Crippen molar-refractivity contribution in [1.82, 2.24) is 5.32 Å². The molecule has 1 heterocycles. The number of hydrogen-bond acceptors (Lipinski definition) is 4. The number of methoxy groups -OCH3 is 3. The third kappa shape index (κ3) is 2.82. The molecule has 1 aromatic rings. The number of nitrogens with one attached hydrogen (secondary N) is 1. The number of benzene rings is 1. The molecule has 1 N–H and O–H groups in total. The van der Waals surface area contributed by atoms with Gasteiger partial charge >= 0.3 is 0 Å². The molecule has 102 valence electrons. The standard InChI is InChI=1S/C13H19NO3.ClH/c1-15-11-8-13(17-3)12(16-2)7-9(11)10-5-4-6-14-10;/h7-8,10,14H,4-6H2,1-3H3;1H/t10-;/m0./s1. The van der Waals surface area contributed by atoms with Gasteiger partial charge in [-0.05, 0) is 25.5 Å². The van der Waals surface area contributed by atoms with Crippen molar-refractivity contribution in [3.63, 3.8) is 0 Å². The lowest BCUT2D eigenvalue weighted by molar-refractivity contribution is 0.346. The second-order valence-corrected chi connectivity index (χ2v) is 4.10. The Morgan fingerprint density at radius 3 is 2.11 bits per heavy atom. The highest BCUT2D eigenvalue weighted by Gasteiger charge is 2.22. The van der Waals surface area contributed by atoms with Crippen LogP contribution in [-0.4, -0.2) is 27.9 Å². The molecule has 1 aliphatic heterocycles. The second-order valence-electron chi connectivity index (χ2n) is 4.10. The van der Waals surface area contributed by atoms with Gasteiger partial charge < -0.3 is 19.5 Å². The molecule has 1 atom stereocenters. The third-order valence-electron chi connectivity index (χ3n) is 3.17. The molecule has 1 aliphatic rings. The van der Waals surface area contributed by atoms with E-state index in [1.54, 1.807) is 21.3 Å². The second kappa shape index (κ2) is 6.71. The first-order valence-corrected chi connectivity index (χ1v) is 5.83. The van der Waals surface area contributed by atoms with Gasteiger partial charge in [0.25, 0.3) is 0 Å². The summed E-state index contributed by atoms with van der Waals surface area (Å²) in [7, 11) is 4.96. The van der Waals surface area contributed by atoms with Crippen molar-refractivity contribution in [2.75, 3.05) is 27.9 Å². The van der Waals surface area contributed by atoms with Crippen LogP contribution in [-0.2, 0) is 0 Å². The molecule has 1 saturated heterocycles. The van der Waals surface area contributed by atoms with E-state index in [2.05, 4.69) is 5.32 Å². The first kappa shape index (κ1) is 14.9. The van der Waals surface area contributed by atoms with E-state index in [4.69, 9.17) is 14.2 Å². The normalized spacial score (nSPS) is 18.1. The van der Waals surface area contributed by atoms with Crippen molar-refractivity contribution in [3.8, 4) is 17.2 Å². The predicted octanol–water partition coefficient (Wildman–Crippen LogP) is 2.56. The minimum Gasteiger partial charge on any atom is -0.496 e. The Morgan fingerprint density at radius 2 is 1.61 bits per heavy atom. The smallest absolute Gasteiger partial charge is 0.164 e. The molecule has 0 unspecified atom stereocenters. The van der Waals surface area contributed by atoms with Gasteiger partial charge in [0.15, 0.2) is 11.5 Å². The zero-order chi connectivity index (χ0) is 12.3. The molecule has 0 spiro atoms. The van der Waals surface area contributed by atoms with Gasteiger partial charge in [-0.1, -0.05) is 0 Å². The van der Waals surface area contributed by atoms with Crippen LogP contribution in [0.25, 0.3) is 0 Å². The average Bonchev–Trinajstić information content (AvgIpc) is 2.90. The number of rotatable bonds is 4. The summed E-state index contributed by atoms with van der Waals surface area (Å²) in [6.07, 6.45) is 2.33. The van der Waals surface area contributed by atoms with Crippen molar-refractivity contribution < 1.29 is 14.2 Å². The number of hydrogen-bond donors (Lipinski definition) is 1. The molecule has 1 fully saturated rings. The van der Waals surface area contributed by atoms with Gasteiger partial charge in [-0.3, -0.25) is 0 Å². The van der Waals surface area contributed by atoms with Crippen molar-refractivity contribution >= 4 is 12.4 Å². The minimum atomic E-state index is 0. The lowest BCUT2D eigenvalue weighted by atomic mass is 10.0. The highest BCUT2D eigenvalue weighted by atomic mass is 35.5. The maximum absolute atomic E-state index is 5.42. The van der Waals surface area contributed by atoms with Crippen LogP contribution in [0, 0.1) is 0 Å². The van der Waals surface area contributed by atoms with Crippen molar-refractivity contribution in [2.24, 2.45) is 0 Å². The molecule has 1 aromatic carbocycles. The molecule has 4 nitrogen and oxygen atoms in total. The van der Waals surface area contributed by atoms with E-state index in [9.17, 15) is 0 Å². The fourth-order valence-corrected chi connectivity index (χ4v) is 2.28. The van der Waals surface area contributed by atoms with Crippen LogP contribution >= 0.6 is 12.4 Å². The van der Waals surface area contributed by atoms with Crippen LogP contribution in [0.3, 0.4) is 0 Å². The molecule has 0 aliphatic carbocycles. The Morgan fingerprint density at radius 1 is 1.00 bits per heavy atom. The van der Waals surface area contributed by atoms with Gasteiger partial charge in [-0.25, -0.2) is 0 Å². The fourth-order valence-electron chi connectivity index (χ4n) is 2.28. The summed E-state index contributed by atoms with van der Waals surface area (Å²) in [5.74, 6) is 2.30. The van der Waals surface area contributed by atoms with E-state index in [1.165, 1.54) is 6.42 Å². The molecule has 18 heavy (non-hydrogen) atoms. The van der Waals surface area contributed by atoms with Crippen LogP contribution in [0.1, 0.15) is 24.4 Å². The number of ether oxygens (including phenoxy) is 3. The SMILES string of the molecule is COc1cc(OC)c([C@@H]2CCCN2)cc1OC.Cl. The van der Waals surface area contributed by atoms with Gasteiger partial charge in [0.05, 0.1) is 21.3 Å². The fraction of sp³-hybridized carbons (Fsp3) is 0.538. The van der Waals surface area contributed by atoms with Gasteiger partial charge in [-0.2, -0.15) is 0 Å². The first-order valence-electron chi connectivity index (χ1n) is 5.83. The van der Waals surface area contributed by atoms with Crippen molar-refractivity contribution in [3.05, 3.63) is 17.7 Å². The van der Waals surface area contributed by atoms with Crippen LogP contribution in [0.4, 0.5) is 0 Å². The monoisotopic (exact) mass is 273 g/mol. The summed E-state index contributed by atoms with van der Waals surface area (Å²) >= 11 is 0. The van der Waals surface area contributed by atoms with Gasteiger partial charge in [0.1, 0.15) is 5.75 Å². The van der Waals surface area contributed by atoms with Gasteiger partial charge in [0.2, 0.25) is 0 Å². The number of halogens is 1. The summed E-state index contributed by atoms with van der Waals surface area (Å²) in [5.41, 5.74) is 1.14. The Balaban J connectivity index is 0.00000162. The third-order valence-corrected chi connectivity index (χ3v) is 3.17. The molecule has 5 heteroatoms. The Labute approximate surface area is 114 Å². The Bertz CT molecular complexity index is 392. The van der Waals surface area contributed by atoms with Gasteiger partial charge in [0, 0.05) is 17.7 Å². The van der Waals surface area contributed by atoms with Crippen molar-refractivity contribution in [2.45, 2.75) is 18.9 Å². The summed E-state index contributed by atoms with van der Waals surface area (Å²) in [4.78, 5) is 0. The lowest BCUT2D eigenvalue weighted by Crippen LogP contribution is -2.14. The molecule has 0 saturated carbocycles. The highest BCUT2D eigenvalue weighted by Crippen LogP contribution is 2.39. The summed E-state index contributed by atoms with van der Waals surface area (Å²) in [6, 6.07) is 4.24. The van der Waals surface area contributed by atoms with Crippen LogP contribution in [0.15, 0.2) is 12.1 Å². The van der Waals surface area contributed by atoms with E-state index in [-0.39, 0.29) is 12.4 Å². The minimum absolute atomic E-state index is 0. The van der Waals surface area contributed by atoms with E-state index < -0.39 is 0 Å². The van der Waals surface area contributed by atoms with E-state index in [1.807, 2.05) is 12.1 Å². The van der Waals surface area contributed by atoms with Crippen molar-refractivity contribution in [1.29, 1.82) is 0 Å². The molecule has 0 aromatic heterocycles. The lowest BCUT2D eigenvalue weighted by Gasteiger charge is -2.18. The molecule has 0 bridgehead atoms. The van der Waals surface area contributed by atoms with E-state index in [0.717, 1.165) is 30.0 Å². The maximum Gasteiger partial charge on any atom is 0.164 e. The van der Waals surface area contributed by atoms with E-state index >= 15 is 0 Å². The molecular formula is C13H20ClNO3. The quantitative estimate of drug-likeness (QED) is 0.915. The maximum atomic E-state index is 5.42. The molecule has 0 amide bonds. The molecule has 2 rings (SSSR count). The zero-order valence-corrected chi connectivity index (χ0v) is 11.8. The van der Waals surface area contributed by atoms with Gasteiger partial charge in [-0.15, -0.1) is 12.4 Å². The van der Waals surface area contributed by atoms with E-state index in [0.29, 0.717) is 11.8 Å². The Hall–Kier alpha value is -1.13.